The van der Waals surface area contributed by atoms with Gasteiger partial charge in [-0.05, 0) is 18.2 Å². The summed E-state index contributed by atoms with van der Waals surface area (Å²) in [6, 6.07) is 9.59. The lowest BCUT2D eigenvalue weighted by Gasteiger charge is -2.10. The lowest BCUT2D eigenvalue weighted by molar-refractivity contribution is -0.115. The van der Waals surface area contributed by atoms with E-state index in [9.17, 15) is 9.90 Å². The van der Waals surface area contributed by atoms with Gasteiger partial charge in [0.25, 0.3) is 0 Å². The number of phenolic OH excluding ortho intramolecular Hbond substituents is 1. The molecule has 0 spiro atoms. The third-order valence-corrected chi connectivity index (χ3v) is 3.43. The number of anilines is 1. The van der Waals surface area contributed by atoms with E-state index in [1.165, 1.54) is 18.2 Å². The fourth-order valence-electron chi connectivity index (χ4n) is 1.68. The Hall–Kier alpha value is -1.42. The summed E-state index contributed by atoms with van der Waals surface area (Å²) >= 11 is 17.8. The molecule has 0 saturated heterocycles. The SMILES string of the molecule is O=C(Cc1ccccc1O)Nc1c(Cl)cc(Cl)cc1Cl. The van der Waals surface area contributed by atoms with Crippen molar-refractivity contribution < 1.29 is 9.90 Å². The van der Waals surface area contributed by atoms with Crippen LogP contribution in [-0.4, -0.2) is 11.0 Å². The van der Waals surface area contributed by atoms with Gasteiger partial charge in [-0.2, -0.15) is 0 Å². The molecule has 0 unspecified atom stereocenters. The highest BCUT2D eigenvalue weighted by molar-refractivity contribution is 6.42. The van der Waals surface area contributed by atoms with Gasteiger partial charge >= 0.3 is 0 Å². The van der Waals surface area contributed by atoms with Crippen LogP contribution < -0.4 is 5.32 Å². The number of benzene rings is 2. The molecule has 0 aromatic heterocycles. The van der Waals surface area contributed by atoms with E-state index < -0.39 is 0 Å². The van der Waals surface area contributed by atoms with Crippen molar-refractivity contribution in [1.82, 2.24) is 0 Å². The minimum absolute atomic E-state index is 0.0158. The highest BCUT2D eigenvalue weighted by Crippen LogP contribution is 2.33. The minimum Gasteiger partial charge on any atom is -0.508 e. The molecule has 0 aliphatic heterocycles. The van der Waals surface area contributed by atoms with Gasteiger partial charge in [-0.15, -0.1) is 0 Å². The van der Waals surface area contributed by atoms with Gasteiger partial charge in [-0.1, -0.05) is 53.0 Å². The van der Waals surface area contributed by atoms with Crippen LogP contribution in [-0.2, 0) is 11.2 Å². The number of halogens is 3. The summed E-state index contributed by atoms with van der Waals surface area (Å²) in [5.41, 5.74) is 0.823. The van der Waals surface area contributed by atoms with Gasteiger partial charge in [0.05, 0.1) is 22.2 Å². The third kappa shape index (κ3) is 3.57. The Morgan fingerprint density at radius 1 is 1.10 bits per heavy atom. The van der Waals surface area contributed by atoms with Gasteiger partial charge < -0.3 is 10.4 Å². The fraction of sp³-hybridized carbons (Fsp3) is 0.0714. The number of para-hydroxylation sites is 1. The normalized spacial score (nSPS) is 10.3. The van der Waals surface area contributed by atoms with Crippen LogP contribution >= 0.6 is 34.8 Å². The van der Waals surface area contributed by atoms with E-state index in [2.05, 4.69) is 5.32 Å². The Balaban J connectivity index is 2.15. The zero-order valence-electron chi connectivity index (χ0n) is 10.2. The molecule has 104 valence electrons. The van der Waals surface area contributed by atoms with Crippen LogP contribution in [0, 0.1) is 0 Å². The highest BCUT2D eigenvalue weighted by atomic mass is 35.5. The predicted molar refractivity (Wildman–Crippen MR) is 81.9 cm³/mol. The second-order valence-electron chi connectivity index (χ2n) is 4.10. The van der Waals surface area contributed by atoms with Crippen LogP contribution in [0.5, 0.6) is 5.75 Å². The molecule has 6 heteroatoms. The first-order valence-corrected chi connectivity index (χ1v) is 6.82. The van der Waals surface area contributed by atoms with E-state index >= 15 is 0 Å². The van der Waals surface area contributed by atoms with Gasteiger partial charge in [-0.3, -0.25) is 4.79 Å². The molecule has 0 fully saturated rings. The summed E-state index contributed by atoms with van der Waals surface area (Å²) in [4.78, 5) is 12.0. The number of carbonyl (C=O) groups excluding carboxylic acids is 1. The summed E-state index contributed by atoms with van der Waals surface area (Å²) in [5.74, 6) is -0.270. The van der Waals surface area contributed by atoms with Gasteiger partial charge in [0.1, 0.15) is 5.75 Å². The lowest BCUT2D eigenvalue weighted by Crippen LogP contribution is -2.15. The second-order valence-corrected chi connectivity index (χ2v) is 5.35. The number of carbonyl (C=O) groups is 1. The summed E-state index contributed by atoms with van der Waals surface area (Å²) in [6.45, 7) is 0. The number of rotatable bonds is 3. The number of hydrogen-bond donors (Lipinski definition) is 2. The molecule has 0 aliphatic rings. The monoisotopic (exact) mass is 329 g/mol. The van der Waals surface area contributed by atoms with Crippen LogP contribution in [0.4, 0.5) is 5.69 Å². The van der Waals surface area contributed by atoms with E-state index in [-0.39, 0.29) is 28.1 Å². The molecule has 2 aromatic rings. The van der Waals surface area contributed by atoms with Crippen molar-refractivity contribution in [3.63, 3.8) is 0 Å². The van der Waals surface area contributed by atoms with Crippen LogP contribution in [0.3, 0.4) is 0 Å². The van der Waals surface area contributed by atoms with Gasteiger partial charge in [0.2, 0.25) is 5.91 Å². The lowest BCUT2D eigenvalue weighted by atomic mass is 10.1. The average molecular weight is 331 g/mol. The van der Waals surface area contributed by atoms with Crippen molar-refractivity contribution in [3.05, 3.63) is 57.0 Å². The Labute approximate surface area is 131 Å². The Morgan fingerprint density at radius 2 is 1.70 bits per heavy atom. The number of amides is 1. The molecule has 0 heterocycles. The summed E-state index contributed by atoms with van der Waals surface area (Å²) < 4.78 is 0. The molecule has 1 amide bonds. The smallest absolute Gasteiger partial charge is 0.229 e. The van der Waals surface area contributed by atoms with E-state index in [1.54, 1.807) is 18.2 Å². The van der Waals surface area contributed by atoms with Crippen molar-refractivity contribution >= 4 is 46.4 Å². The zero-order valence-corrected chi connectivity index (χ0v) is 12.4. The van der Waals surface area contributed by atoms with Gasteiger partial charge in [-0.25, -0.2) is 0 Å². The quantitative estimate of drug-likeness (QED) is 0.868. The van der Waals surface area contributed by atoms with E-state index in [1.807, 2.05) is 0 Å². The maximum absolute atomic E-state index is 12.0. The molecule has 20 heavy (non-hydrogen) atoms. The van der Waals surface area contributed by atoms with E-state index in [0.717, 1.165) is 0 Å². The molecule has 0 atom stereocenters. The molecule has 0 radical (unpaired) electrons. The summed E-state index contributed by atoms with van der Waals surface area (Å²) in [5, 5.41) is 13.1. The fourth-order valence-corrected chi connectivity index (χ4v) is 2.59. The number of hydrogen-bond acceptors (Lipinski definition) is 2. The minimum atomic E-state index is -0.336. The van der Waals surface area contributed by atoms with Crippen LogP contribution in [0.2, 0.25) is 15.1 Å². The van der Waals surface area contributed by atoms with Crippen molar-refractivity contribution in [3.8, 4) is 5.75 Å². The van der Waals surface area contributed by atoms with Crippen LogP contribution in [0.1, 0.15) is 5.56 Å². The molecule has 0 saturated carbocycles. The summed E-state index contributed by atoms with van der Waals surface area (Å²) in [6.07, 6.45) is 0.0158. The second kappa shape index (κ2) is 6.35. The van der Waals surface area contributed by atoms with Crippen LogP contribution in [0.15, 0.2) is 36.4 Å². The maximum atomic E-state index is 12.0. The molecular formula is C14H10Cl3NO2. The van der Waals surface area contributed by atoms with Crippen molar-refractivity contribution in [1.29, 1.82) is 0 Å². The highest BCUT2D eigenvalue weighted by Gasteiger charge is 2.13. The standard InChI is InChI=1S/C14H10Cl3NO2/c15-9-6-10(16)14(11(17)7-9)18-13(20)5-8-3-1-2-4-12(8)19/h1-4,6-7,19H,5H2,(H,18,20). The zero-order chi connectivity index (χ0) is 14.7. The maximum Gasteiger partial charge on any atom is 0.229 e. The number of nitrogens with one attached hydrogen (secondary N) is 1. The number of aromatic hydroxyl groups is 1. The van der Waals surface area contributed by atoms with Crippen LogP contribution in [0.25, 0.3) is 0 Å². The molecular weight excluding hydrogens is 321 g/mol. The summed E-state index contributed by atoms with van der Waals surface area (Å²) in [7, 11) is 0. The topological polar surface area (TPSA) is 49.3 Å². The molecule has 0 aliphatic carbocycles. The Bertz CT molecular complexity index is 636. The molecule has 2 N–H and O–H groups in total. The van der Waals surface area contributed by atoms with Gasteiger partial charge in [0.15, 0.2) is 0 Å². The van der Waals surface area contributed by atoms with Crippen molar-refractivity contribution in [2.75, 3.05) is 5.32 Å². The Kier molecular flexibility index (Phi) is 4.76. The first kappa shape index (κ1) is 15.0. The van der Waals surface area contributed by atoms with E-state index in [4.69, 9.17) is 34.8 Å². The van der Waals surface area contributed by atoms with E-state index in [0.29, 0.717) is 16.3 Å². The molecule has 2 aromatic carbocycles. The Morgan fingerprint density at radius 3 is 2.30 bits per heavy atom. The van der Waals surface area contributed by atoms with Crippen molar-refractivity contribution in [2.45, 2.75) is 6.42 Å². The first-order chi connectivity index (χ1) is 9.47. The first-order valence-electron chi connectivity index (χ1n) is 5.68. The van der Waals surface area contributed by atoms with Crippen molar-refractivity contribution in [2.24, 2.45) is 0 Å². The van der Waals surface area contributed by atoms with Gasteiger partial charge in [0, 0.05) is 10.6 Å². The third-order valence-electron chi connectivity index (χ3n) is 2.61. The number of phenols is 1. The molecule has 2 rings (SSSR count). The predicted octanol–water partition coefficient (Wildman–Crippen LogP) is 4.53. The molecule has 0 bridgehead atoms. The molecule has 3 nitrogen and oxygen atoms in total. The average Bonchev–Trinajstić information content (AvgIpc) is 2.36. The largest absolute Gasteiger partial charge is 0.508 e.